The van der Waals surface area contributed by atoms with Crippen LogP contribution in [0.15, 0.2) is 30.3 Å². The molecule has 0 bridgehead atoms. The van der Waals surface area contributed by atoms with Crippen LogP contribution >= 0.6 is 12.4 Å². The van der Waals surface area contributed by atoms with E-state index in [1.807, 2.05) is 30.3 Å². The third-order valence-corrected chi connectivity index (χ3v) is 2.71. The van der Waals surface area contributed by atoms with Crippen molar-refractivity contribution in [1.29, 1.82) is 0 Å². The van der Waals surface area contributed by atoms with Crippen LogP contribution in [0.4, 0.5) is 8.78 Å². The average Bonchev–Trinajstić information content (AvgIpc) is 2.28. The van der Waals surface area contributed by atoms with E-state index in [0.29, 0.717) is 13.0 Å². The third kappa shape index (κ3) is 3.91. The van der Waals surface area contributed by atoms with Crippen LogP contribution in [0.1, 0.15) is 12.0 Å². The van der Waals surface area contributed by atoms with Crippen molar-refractivity contribution < 1.29 is 13.5 Å². The Morgan fingerprint density at radius 1 is 1.29 bits per heavy atom. The van der Waals surface area contributed by atoms with Crippen LogP contribution in [0.3, 0.4) is 0 Å². The lowest BCUT2D eigenvalue weighted by atomic mass is 10.1. The number of rotatable bonds is 3. The smallest absolute Gasteiger partial charge is 0.285 e. The highest BCUT2D eigenvalue weighted by Crippen LogP contribution is 2.26. The average molecular weight is 264 g/mol. The van der Waals surface area contributed by atoms with Gasteiger partial charge in [0, 0.05) is 0 Å². The molecule has 0 saturated carbocycles. The van der Waals surface area contributed by atoms with Gasteiger partial charge in [0.1, 0.15) is 6.10 Å². The van der Waals surface area contributed by atoms with Gasteiger partial charge in [0.2, 0.25) is 0 Å². The Labute approximate surface area is 106 Å². The molecule has 1 saturated heterocycles. The first kappa shape index (κ1) is 14.4. The zero-order chi connectivity index (χ0) is 11.4. The molecule has 2 rings (SSSR count). The van der Waals surface area contributed by atoms with Crippen LogP contribution in [0.5, 0.6) is 0 Å². The molecule has 1 atom stereocenters. The number of hydrogen-bond donors (Lipinski definition) is 1. The first-order valence-electron chi connectivity index (χ1n) is 5.42. The van der Waals surface area contributed by atoms with E-state index in [9.17, 15) is 8.78 Å². The fourth-order valence-corrected chi connectivity index (χ4v) is 1.79. The Bertz CT molecular complexity index is 335. The maximum absolute atomic E-state index is 13.4. The summed E-state index contributed by atoms with van der Waals surface area (Å²) < 4.78 is 32.1. The largest absolute Gasteiger partial charge is 0.367 e. The van der Waals surface area contributed by atoms with Crippen molar-refractivity contribution in [1.82, 2.24) is 5.32 Å². The fourth-order valence-electron chi connectivity index (χ4n) is 1.79. The fraction of sp³-hybridized carbons (Fsp3) is 0.500. The van der Waals surface area contributed by atoms with E-state index in [-0.39, 0.29) is 25.6 Å². The van der Waals surface area contributed by atoms with Gasteiger partial charge < -0.3 is 10.1 Å². The molecule has 1 N–H and O–H groups in total. The molecule has 5 heteroatoms. The van der Waals surface area contributed by atoms with Gasteiger partial charge in [-0.15, -0.1) is 12.4 Å². The number of benzene rings is 1. The van der Waals surface area contributed by atoms with Crippen molar-refractivity contribution in [2.45, 2.75) is 25.1 Å². The van der Waals surface area contributed by atoms with Crippen molar-refractivity contribution in [3.05, 3.63) is 35.9 Å². The zero-order valence-corrected chi connectivity index (χ0v) is 10.2. The quantitative estimate of drug-likeness (QED) is 0.905. The lowest BCUT2D eigenvalue weighted by Gasteiger charge is -2.31. The summed E-state index contributed by atoms with van der Waals surface area (Å²) in [6.45, 7) is 0.558. The summed E-state index contributed by atoms with van der Waals surface area (Å²) in [5, 5.41) is 2.67. The minimum Gasteiger partial charge on any atom is -0.367 e. The molecule has 96 valence electrons. The SMILES string of the molecule is Cl.FC1(F)CNCC[C@@H]1OCc1ccccc1. The monoisotopic (exact) mass is 263 g/mol. The van der Waals surface area contributed by atoms with Crippen molar-refractivity contribution in [2.75, 3.05) is 13.1 Å². The molecule has 1 fully saturated rings. The molecule has 0 radical (unpaired) electrons. The van der Waals surface area contributed by atoms with Gasteiger partial charge in [-0.2, -0.15) is 0 Å². The summed E-state index contributed by atoms with van der Waals surface area (Å²) in [7, 11) is 0. The normalized spacial score (nSPS) is 22.8. The Morgan fingerprint density at radius 3 is 2.65 bits per heavy atom. The van der Waals surface area contributed by atoms with Gasteiger partial charge in [-0.3, -0.25) is 0 Å². The molecule has 1 aromatic carbocycles. The second kappa shape index (κ2) is 6.28. The minimum atomic E-state index is -2.76. The summed E-state index contributed by atoms with van der Waals surface area (Å²) in [5.41, 5.74) is 0.928. The van der Waals surface area contributed by atoms with Crippen LogP contribution in [-0.4, -0.2) is 25.1 Å². The van der Waals surface area contributed by atoms with E-state index in [4.69, 9.17) is 4.74 Å². The third-order valence-electron chi connectivity index (χ3n) is 2.71. The molecule has 0 spiro atoms. The lowest BCUT2D eigenvalue weighted by molar-refractivity contribution is -0.153. The number of hydrogen-bond acceptors (Lipinski definition) is 2. The molecular weight excluding hydrogens is 248 g/mol. The molecule has 1 heterocycles. The summed E-state index contributed by atoms with van der Waals surface area (Å²) >= 11 is 0. The molecule has 1 aromatic rings. The number of nitrogens with one attached hydrogen (secondary N) is 1. The molecule has 1 aliphatic rings. The Hall–Kier alpha value is -0.710. The Kier molecular flexibility index (Phi) is 5.31. The summed E-state index contributed by atoms with van der Waals surface area (Å²) in [6, 6.07) is 9.39. The van der Waals surface area contributed by atoms with Crippen LogP contribution in [-0.2, 0) is 11.3 Å². The highest BCUT2D eigenvalue weighted by Gasteiger charge is 2.42. The highest BCUT2D eigenvalue weighted by atomic mass is 35.5. The number of alkyl halides is 2. The van der Waals surface area contributed by atoms with E-state index in [0.717, 1.165) is 5.56 Å². The van der Waals surface area contributed by atoms with Gasteiger partial charge in [-0.05, 0) is 18.5 Å². The predicted octanol–water partition coefficient (Wildman–Crippen LogP) is 2.62. The molecule has 2 nitrogen and oxygen atoms in total. The van der Waals surface area contributed by atoms with E-state index in [2.05, 4.69) is 5.32 Å². The molecule has 0 aromatic heterocycles. The topological polar surface area (TPSA) is 21.3 Å². The number of ether oxygens (including phenoxy) is 1. The first-order chi connectivity index (χ1) is 7.68. The van der Waals surface area contributed by atoms with Crippen LogP contribution < -0.4 is 5.32 Å². The van der Waals surface area contributed by atoms with Gasteiger partial charge in [-0.1, -0.05) is 30.3 Å². The lowest BCUT2D eigenvalue weighted by Crippen LogP contribution is -2.50. The molecule has 0 unspecified atom stereocenters. The van der Waals surface area contributed by atoms with Gasteiger partial charge >= 0.3 is 0 Å². The number of piperidine rings is 1. The maximum Gasteiger partial charge on any atom is 0.285 e. The predicted molar refractivity (Wildman–Crippen MR) is 64.7 cm³/mol. The summed E-state index contributed by atoms with van der Waals surface area (Å²) in [4.78, 5) is 0. The Balaban J connectivity index is 0.00000144. The first-order valence-corrected chi connectivity index (χ1v) is 5.42. The number of halogens is 3. The highest BCUT2D eigenvalue weighted by molar-refractivity contribution is 5.85. The molecule has 0 aliphatic carbocycles. The van der Waals surface area contributed by atoms with Crippen molar-refractivity contribution in [3.63, 3.8) is 0 Å². The van der Waals surface area contributed by atoms with Crippen molar-refractivity contribution in [3.8, 4) is 0 Å². The van der Waals surface area contributed by atoms with E-state index >= 15 is 0 Å². The van der Waals surface area contributed by atoms with Crippen molar-refractivity contribution in [2.24, 2.45) is 0 Å². The van der Waals surface area contributed by atoms with Crippen LogP contribution in [0.25, 0.3) is 0 Å². The summed E-state index contributed by atoms with van der Waals surface area (Å²) in [5.74, 6) is -2.76. The van der Waals surface area contributed by atoms with Gasteiger partial charge in [0.15, 0.2) is 0 Å². The van der Waals surface area contributed by atoms with E-state index in [1.165, 1.54) is 0 Å². The summed E-state index contributed by atoms with van der Waals surface area (Å²) in [6.07, 6.45) is -0.603. The molecule has 0 amide bonds. The second-order valence-corrected chi connectivity index (χ2v) is 4.01. The van der Waals surface area contributed by atoms with Crippen LogP contribution in [0.2, 0.25) is 0 Å². The molecule has 1 aliphatic heterocycles. The Morgan fingerprint density at radius 2 is 2.00 bits per heavy atom. The van der Waals surface area contributed by atoms with E-state index in [1.54, 1.807) is 0 Å². The van der Waals surface area contributed by atoms with Gasteiger partial charge in [-0.25, -0.2) is 8.78 Å². The zero-order valence-electron chi connectivity index (χ0n) is 9.36. The van der Waals surface area contributed by atoms with Gasteiger partial charge in [0.05, 0.1) is 13.2 Å². The van der Waals surface area contributed by atoms with Crippen LogP contribution in [0, 0.1) is 0 Å². The maximum atomic E-state index is 13.4. The molecule has 17 heavy (non-hydrogen) atoms. The van der Waals surface area contributed by atoms with Gasteiger partial charge in [0.25, 0.3) is 5.92 Å². The van der Waals surface area contributed by atoms with Crippen molar-refractivity contribution >= 4 is 12.4 Å². The van der Waals surface area contributed by atoms with E-state index < -0.39 is 12.0 Å². The molecular formula is C12H16ClF2NO. The second-order valence-electron chi connectivity index (χ2n) is 4.01. The standard InChI is InChI=1S/C12H15F2NO.ClH/c13-12(14)9-15-7-6-11(12)16-8-10-4-2-1-3-5-10;/h1-5,11,15H,6-9H2;1H/t11-;/m0./s1. The minimum absolute atomic E-state index is 0.